The summed E-state index contributed by atoms with van der Waals surface area (Å²) in [5.74, 6) is 0.494. The van der Waals surface area contributed by atoms with E-state index in [1.807, 2.05) is 12.4 Å². The maximum absolute atomic E-state index is 10.0. The van der Waals surface area contributed by atoms with Crippen LogP contribution >= 0.6 is 0 Å². The number of hydrogen-bond donors (Lipinski definition) is 1. The van der Waals surface area contributed by atoms with Crippen LogP contribution in [0.15, 0.2) is 24.5 Å². The van der Waals surface area contributed by atoms with Gasteiger partial charge >= 0.3 is 0 Å². The van der Waals surface area contributed by atoms with Gasteiger partial charge in [0.25, 0.3) is 0 Å². The lowest BCUT2D eigenvalue weighted by molar-refractivity contribution is 0.0841. The molecule has 0 aromatic carbocycles. The van der Waals surface area contributed by atoms with Gasteiger partial charge in [0.1, 0.15) is 0 Å². The highest BCUT2D eigenvalue weighted by atomic mass is 16.3. The minimum absolute atomic E-state index is 0.0976. The van der Waals surface area contributed by atoms with Crippen molar-refractivity contribution in [2.45, 2.75) is 38.7 Å². The van der Waals surface area contributed by atoms with Crippen LogP contribution in [0.2, 0.25) is 0 Å². The molecule has 3 heteroatoms. The second-order valence-electron chi connectivity index (χ2n) is 4.89. The van der Waals surface area contributed by atoms with Gasteiger partial charge in [-0.1, -0.05) is 13.3 Å². The van der Waals surface area contributed by atoms with Gasteiger partial charge in [0, 0.05) is 31.2 Å². The number of aromatic nitrogens is 1. The third-order valence-electron chi connectivity index (χ3n) is 3.70. The molecule has 2 heterocycles. The van der Waals surface area contributed by atoms with Gasteiger partial charge in [-0.2, -0.15) is 0 Å². The van der Waals surface area contributed by atoms with Crippen LogP contribution in [0.1, 0.15) is 32.6 Å². The van der Waals surface area contributed by atoms with Crippen LogP contribution in [0.4, 0.5) is 5.69 Å². The summed E-state index contributed by atoms with van der Waals surface area (Å²) in [5.41, 5.74) is 1.25. The Kier molecular flexibility index (Phi) is 4.37. The topological polar surface area (TPSA) is 36.4 Å². The number of nitrogens with zero attached hydrogens (tertiary/aromatic N) is 2. The first-order valence-electron chi connectivity index (χ1n) is 6.64. The summed E-state index contributed by atoms with van der Waals surface area (Å²) < 4.78 is 0. The number of aliphatic hydroxyl groups is 1. The van der Waals surface area contributed by atoms with E-state index in [0.29, 0.717) is 5.92 Å². The molecule has 1 saturated heterocycles. The Bertz CT molecular complexity index is 320. The molecule has 0 aliphatic carbocycles. The third-order valence-corrected chi connectivity index (χ3v) is 3.70. The molecule has 1 aliphatic rings. The van der Waals surface area contributed by atoms with Crippen molar-refractivity contribution < 1.29 is 5.11 Å². The van der Waals surface area contributed by atoms with Crippen LogP contribution in [-0.4, -0.2) is 29.3 Å². The molecule has 1 fully saturated rings. The number of rotatable bonds is 4. The van der Waals surface area contributed by atoms with E-state index in [2.05, 4.69) is 28.9 Å². The van der Waals surface area contributed by atoms with E-state index in [-0.39, 0.29) is 6.10 Å². The van der Waals surface area contributed by atoms with Gasteiger partial charge in [-0.05, 0) is 37.3 Å². The van der Waals surface area contributed by atoms with Gasteiger partial charge in [0.2, 0.25) is 0 Å². The zero-order valence-corrected chi connectivity index (χ0v) is 10.5. The first-order valence-corrected chi connectivity index (χ1v) is 6.64. The van der Waals surface area contributed by atoms with Crippen LogP contribution < -0.4 is 4.90 Å². The Morgan fingerprint density at radius 2 is 2.00 bits per heavy atom. The average molecular weight is 234 g/mol. The number of hydrogen-bond acceptors (Lipinski definition) is 3. The van der Waals surface area contributed by atoms with Crippen LogP contribution in [-0.2, 0) is 0 Å². The lowest BCUT2D eigenvalue weighted by Crippen LogP contribution is -2.37. The Labute approximate surface area is 103 Å². The molecule has 0 radical (unpaired) electrons. The number of pyridine rings is 1. The standard InChI is InChI=1S/C14H22N2O/c1-2-3-14(17)12-6-10-16(11-7-12)13-4-8-15-9-5-13/h4-5,8-9,12,14,17H,2-3,6-7,10-11H2,1H3. The summed E-state index contributed by atoms with van der Waals surface area (Å²) >= 11 is 0. The third kappa shape index (κ3) is 3.19. The SMILES string of the molecule is CCCC(O)C1CCN(c2ccncc2)CC1. The molecule has 3 nitrogen and oxygen atoms in total. The second-order valence-corrected chi connectivity index (χ2v) is 4.89. The molecular formula is C14H22N2O. The molecule has 1 atom stereocenters. The number of anilines is 1. The molecule has 1 aliphatic heterocycles. The van der Waals surface area contributed by atoms with Gasteiger partial charge in [-0.15, -0.1) is 0 Å². The van der Waals surface area contributed by atoms with Crippen molar-refractivity contribution in [3.05, 3.63) is 24.5 Å². The van der Waals surface area contributed by atoms with Crippen molar-refractivity contribution in [1.29, 1.82) is 0 Å². The van der Waals surface area contributed by atoms with Gasteiger partial charge in [0.05, 0.1) is 6.10 Å². The lowest BCUT2D eigenvalue weighted by atomic mass is 9.89. The van der Waals surface area contributed by atoms with Gasteiger partial charge < -0.3 is 10.0 Å². The van der Waals surface area contributed by atoms with Gasteiger partial charge in [-0.25, -0.2) is 0 Å². The molecule has 1 aromatic rings. The van der Waals surface area contributed by atoms with E-state index < -0.39 is 0 Å². The molecule has 17 heavy (non-hydrogen) atoms. The maximum Gasteiger partial charge on any atom is 0.0569 e. The Balaban J connectivity index is 1.86. The molecule has 1 N–H and O–H groups in total. The fraction of sp³-hybridized carbons (Fsp3) is 0.643. The highest BCUT2D eigenvalue weighted by Crippen LogP contribution is 2.26. The van der Waals surface area contributed by atoms with Gasteiger partial charge in [-0.3, -0.25) is 4.98 Å². The van der Waals surface area contributed by atoms with E-state index >= 15 is 0 Å². The molecule has 2 rings (SSSR count). The Hall–Kier alpha value is -1.09. The highest BCUT2D eigenvalue weighted by molar-refractivity contribution is 5.44. The minimum atomic E-state index is -0.0976. The molecule has 94 valence electrons. The molecule has 1 aromatic heterocycles. The minimum Gasteiger partial charge on any atom is -0.393 e. The molecular weight excluding hydrogens is 212 g/mol. The predicted octanol–water partition coefficient (Wildman–Crippen LogP) is 2.46. The molecule has 0 saturated carbocycles. The molecule has 0 bridgehead atoms. The monoisotopic (exact) mass is 234 g/mol. The summed E-state index contributed by atoms with van der Waals surface area (Å²) in [6.45, 7) is 4.24. The zero-order valence-electron chi connectivity index (χ0n) is 10.5. The number of aliphatic hydroxyl groups excluding tert-OH is 1. The molecule has 0 amide bonds. The first-order chi connectivity index (χ1) is 8.31. The molecule has 1 unspecified atom stereocenters. The predicted molar refractivity (Wildman–Crippen MR) is 70.1 cm³/mol. The summed E-state index contributed by atoms with van der Waals surface area (Å²) in [6, 6.07) is 4.12. The Morgan fingerprint density at radius 3 is 2.59 bits per heavy atom. The number of piperidine rings is 1. The van der Waals surface area contributed by atoms with Crippen molar-refractivity contribution in [3.63, 3.8) is 0 Å². The van der Waals surface area contributed by atoms with E-state index in [1.54, 1.807) is 0 Å². The summed E-state index contributed by atoms with van der Waals surface area (Å²) in [4.78, 5) is 6.43. The fourth-order valence-electron chi connectivity index (χ4n) is 2.63. The second kappa shape index (κ2) is 6.01. The van der Waals surface area contributed by atoms with Crippen molar-refractivity contribution in [2.24, 2.45) is 5.92 Å². The lowest BCUT2D eigenvalue weighted by Gasteiger charge is -2.35. The largest absolute Gasteiger partial charge is 0.393 e. The van der Waals surface area contributed by atoms with Crippen molar-refractivity contribution >= 4 is 5.69 Å². The van der Waals surface area contributed by atoms with Gasteiger partial charge in [0.15, 0.2) is 0 Å². The quantitative estimate of drug-likeness (QED) is 0.869. The fourth-order valence-corrected chi connectivity index (χ4v) is 2.63. The highest BCUT2D eigenvalue weighted by Gasteiger charge is 2.24. The first kappa shape index (κ1) is 12.4. The van der Waals surface area contributed by atoms with E-state index in [4.69, 9.17) is 0 Å². The molecule has 0 spiro atoms. The maximum atomic E-state index is 10.0. The van der Waals surface area contributed by atoms with E-state index in [1.165, 1.54) is 5.69 Å². The van der Waals surface area contributed by atoms with E-state index in [9.17, 15) is 5.11 Å². The van der Waals surface area contributed by atoms with Crippen molar-refractivity contribution in [1.82, 2.24) is 4.98 Å². The summed E-state index contributed by atoms with van der Waals surface area (Å²) in [6.07, 6.45) is 7.80. The normalized spacial score (nSPS) is 19.3. The van der Waals surface area contributed by atoms with Crippen molar-refractivity contribution in [3.8, 4) is 0 Å². The van der Waals surface area contributed by atoms with Crippen LogP contribution in [0.25, 0.3) is 0 Å². The van der Waals surface area contributed by atoms with Crippen LogP contribution in [0, 0.1) is 5.92 Å². The Morgan fingerprint density at radius 1 is 1.35 bits per heavy atom. The summed E-state index contributed by atoms with van der Waals surface area (Å²) in [5, 5.41) is 10.0. The van der Waals surface area contributed by atoms with E-state index in [0.717, 1.165) is 38.8 Å². The summed E-state index contributed by atoms with van der Waals surface area (Å²) in [7, 11) is 0. The smallest absolute Gasteiger partial charge is 0.0569 e. The van der Waals surface area contributed by atoms with Crippen LogP contribution in [0.5, 0.6) is 0 Å². The zero-order chi connectivity index (χ0) is 12.1. The van der Waals surface area contributed by atoms with Crippen molar-refractivity contribution in [2.75, 3.05) is 18.0 Å². The average Bonchev–Trinajstić information content (AvgIpc) is 2.40. The van der Waals surface area contributed by atoms with Crippen LogP contribution in [0.3, 0.4) is 0 Å².